The van der Waals surface area contributed by atoms with E-state index in [2.05, 4.69) is 135 Å². The zero-order valence-electron chi connectivity index (χ0n) is 23.3. The molecule has 1 aromatic heterocycles. The van der Waals surface area contributed by atoms with Crippen LogP contribution in [0.15, 0.2) is 107 Å². The van der Waals surface area contributed by atoms with Crippen molar-refractivity contribution in [3.05, 3.63) is 108 Å². The number of aliphatic imine (C=N–C) groups is 2. The maximum Gasteiger partial charge on any atom is 0.136 e. The maximum atomic E-state index is 5.14. The van der Waals surface area contributed by atoms with Crippen LogP contribution in [-0.2, 0) is 0 Å². The molecule has 4 nitrogen and oxygen atoms in total. The molecule has 198 valence electrons. The van der Waals surface area contributed by atoms with E-state index in [9.17, 15) is 0 Å². The summed E-state index contributed by atoms with van der Waals surface area (Å²) in [5.41, 5.74) is 4.24. The fraction of sp³-hybridized carbons (Fsp3) is 0.235. The summed E-state index contributed by atoms with van der Waals surface area (Å²) in [5, 5.41) is 2.53. The largest absolute Gasteiger partial charge is 0.357 e. The first-order valence-electron chi connectivity index (χ1n) is 13.9. The predicted octanol–water partition coefficient (Wildman–Crippen LogP) is 8.89. The van der Waals surface area contributed by atoms with Crippen LogP contribution in [0.1, 0.15) is 38.8 Å². The monoisotopic (exact) mass is 532 g/mol. The first-order valence-corrected chi connectivity index (χ1v) is 14.7. The van der Waals surface area contributed by atoms with Gasteiger partial charge in [-0.2, -0.15) is 0 Å². The van der Waals surface area contributed by atoms with Gasteiger partial charge in [0.25, 0.3) is 0 Å². The lowest BCUT2D eigenvalue weighted by Gasteiger charge is -2.23. The number of amidine groups is 2. The molecule has 0 atom stereocenters. The smallest absolute Gasteiger partial charge is 0.136 e. The van der Waals surface area contributed by atoms with E-state index >= 15 is 0 Å². The standard InChI is InChI=1S/C34H36N4S/c1-5-37(6-2)33(25-15-11-9-12-16-25)35-27-19-21-29-30-22-20-28(24-32(30)39-31(29)23-27)36-34(38(7-3)8-4)26-17-13-10-14-18-26/h9-24H,5-8H2,1-4H3. The Morgan fingerprint density at radius 3 is 1.28 bits per heavy atom. The van der Waals surface area contributed by atoms with Crippen molar-refractivity contribution in [1.29, 1.82) is 0 Å². The van der Waals surface area contributed by atoms with Gasteiger partial charge in [-0.3, -0.25) is 0 Å². The average molecular weight is 533 g/mol. The van der Waals surface area contributed by atoms with E-state index in [-0.39, 0.29) is 0 Å². The van der Waals surface area contributed by atoms with Crippen molar-refractivity contribution in [3.8, 4) is 0 Å². The van der Waals surface area contributed by atoms with Crippen LogP contribution in [-0.4, -0.2) is 47.7 Å². The summed E-state index contributed by atoms with van der Waals surface area (Å²) < 4.78 is 2.48. The molecule has 0 N–H and O–H groups in total. The second kappa shape index (κ2) is 12.3. The summed E-state index contributed by atoms with van der Waals surface area (Å²) in [6.07, 6.45) is 0. The van der Waals surface area contributed by atoms with Crippen LogP contribution in [0.3, 0.4) is 0 Å². The molecule has 1 heterocycles. The van der Waals surface area contributed by atoms with Crippen LogP contribution in [0.25, 0.3) is 20.2 Å². The highest BCUT2D eigenvalue weighted by molar-refractivity contribution is 7.25. The Balaban J connectivity index is 1.56. The fourth-order valence-corrected chi connectivity index (χ4v) is 6.17. The van der Waals surface area contributed by atoms with Crippen molar-refractivity contribution in [2.45, 2.75) is 27.7 Å². The molecule has 0 bridgehead atoms. The average Bonchev–Trinajstić information content (AvgIpc) is 3.35. The van der Waals surface area contributed by atoms with E-state index in [0.29, 0.717) is 0 Å². The van der Waals surface area contributed by atoms with Gasteiger partial charge in [-0.05, 0) is 52.0 Å². The van der Waals surface area contributed by atoms with Gasteiger partial charge in [0.05, 0.1) is 11.4 Å². The van der Waals surface area contributed by atoms with Crippen molar-refractivity contribution in [3.63, 3.8) is 0 Å². The van der Waals surface area contributed by atoms with Gasteiger partial charge in [0.1, 0.15) is 11.7 Å². The number of rotatable bonds is 8. The minimum atomic E-state index is 0.914. The topological polar surface area (TPSA) is 31.2 Å². The molecule has 0 saturated carbocycles. The fourth-order valence-electron chi connectivity index (χ4n) is 4.99. The van der Waals surface area contributed by atoms with Gasteiger partial charge in [-0.15, -0.1) is 11.3 Å². The Kier molecular flexibility index (Phi) is 8.38. The molecular formula is C34H36N4S. The summed E-state index contributed by atoms with van der Waals surface area (Å²) in [4.78, 5) is 14.9. The number of hydrogen-bond acceptors (Lipinski definition) is 3. The van der Waals surface area contributed by atoms with E-state index in [1.54, 1.807) is 0 Å². The number of fused-ring (bicyclic) bond motifs is 3. The maximum absolute atomic E-state index is 5.14. The first-order chi connectivity index (χ1) is 19.1. The van der Waals surface area contributed by atoms with Crippen LogP contribution in [0.5, 0.6) is 0 Å². The Bertz CT molecular complexity index is 1470. The SMILES string of the molecule is CCN(CC)C(=Nc1ccc2c(c1)sc1cc(N=C(c3ccccc3)N(CC)CC)ccc12)c1ccccc1. The lowest BCUT2D eigenvalue weighted by molar-refractivity contribution is 0.466. The lowest BCUT2D eigenvalue weighted by Crippen LogP contribution is -2.31. The number of hydrogen-bond donors (Lipinski definition) is 0. The van der Waals surface area contributed by atoms with Crippen LogP contribution >= 0.6 is 11.3 Å². The summed E-state index contributed by atoms with van der Waals surface area (Å²) in [7, 11) is 0. The van der Waals surface area contributed by atoms with Gasteiger partial charge in [-0.1, -0.05) is 72.8 Å². The van der Waals surface area contributed by atoms with E-state index in [0.717, 1.165) is 60.4 Å². The number of nitrogens with zero attached hydrogens (tertiary/aromatic N) is 4. The van der Waals surface area contributed by atoms with Crippen molar-refractivity contribution >= 4 is 54.6 Å². The van der Waals surface area contributed by atoms with E-state index in [1.807, 2.05) is 11.3 Å². The summed E-state index contributed by atoms with van der Waals surface area (Å²) in [5.74, 6) is 2.03. The summed E-state index contributed by atoms with van der Waals surface area (Å²) >= 11 is 1.81. The van der Waals surface area contributed by atoms with Crippen LogP contribution < -0.4 is 0 Å². The normalized spacial score (nSPS) is 12.3. The van der Waals surface area contributed by atoms with Crippen molar-refractivity contribution < 1.29 is 0 Å². The molecule has 5 rings (SSSR count). The quantitative estimate of drug-likeness (QED) is 0.148. The Morgan fingerprint density at radius 1 is 0.538 bits per heavy atom. The third kappa shape index (κ3) is 5.74. The molecule has 0 unspecified atom stereocenters. The Morgan fingerprint density at radius 2 is 0.923 bits per heavy atom. The van der Waals surface area contributed by atoms with Crippen LogP contribution in [0.4, 0.5) is 11.4 Å². The zero-order chi connectivity index (χ0) is 27.2. The Hall–Kier alpha value is -3.96. The number of benzene rings is 4. The van der Waals surface area contributed by atoms with Crippen LogP contribution in [0.2, 0.25) is 0 Å². The lowest BCUT2D eigenvalue weighted by atomic mass is 10.1. The Labute approximate surface area is 236 Å². The summed E-state index contributed by atoms with van der Waals surface area (Å²) in [6.45, 7) is 12.4. The molecule has 5 heteroatoms. The van der Waals surface area contributed by atoms with Crippen molar-refractivity contribution in [1.82, 2.24) is 9.80 Å². The first kappa shape index (κ1) is 26.6. The van der Waals surface area contributed by atoms with Gasteiger partial charge in [0, 0.05) is 57.5 Å². The molecule has 0 aliphatic carbocycles. The highest BCUT2D eigenvalue weighted by atomic mass is 32.1. The molecule has 0 aliphatic heterocycles. The molecule has 39 heavy (non-hydrogen) atoms. The predicted molar refractivity (Wildman–Crippen MR) is 170 cm³/mol. The molecule has 0 amide bonds. The van der Waals surface area contributed by atoms with Gasteiger partial charge >= 0.3 is 0 Å². The molecule has 4 aromatic carbocycles. The second-order valence-corrected chi connectivity index (χ2v) is 10.5. The van der Waals surface area contributed by atoms with Crippen LogP contribution in [0, 0.1) is 0 Å². The zero-order valence-corrected chi connectivity index (χ0v) is 24.1. The summed E-state index contributed by atoms with van der Waals surface area (Å²) in [6, 6.07) is 34.1. The molecule has 0 spiro atoms. The van der Waals surface area contributed by atoms with Crippen molar-refractivity contribution in [2.24, 2.45) is 9.98 Å². The third-order valence-electron chi connectivity index (χ3n) is 7.10. The van der Waals surface area contributed by atoms with Gasteiger partial charge in [-0.25, -0.2) is 9.98 Å². The van der Waals surface area contributed by atoms with E-state index in [4.69, 9.17) is 9.98 Å². The minimum absolute atomic E-state index is 0.914. The van der Waals surface area contributed by atoms with E-state index in [1.165, 1.54) is 20.2 Å². The molecule has 0 saturated heterocycles. The number of thiophene rings is 1. The van der Waals surface area contributed by atoms with Gasteiger partial charge in [0.2, 0.25) is 0 Å². The molecule has 0 aliphatic rings. The van der Waals surface area contributed by atoms with E-state index < -0.39 is 0 Å². The third-order valence-corrected chi connectivity index (χ3v) is 8.22. The molecule has 5 aromatic rings. The highest BCUT2D eigenvalue weighted by Crippen LogP contribution is 2.38. The molecule has 0 fully saturated rings. The van der Waals surface area contributed by atoms with Gasteiger partial charge in [0.15, 0.2) is 0 Å². The second-order valence-electron chi connectivity index (χ2n) is 9.41. The molecular weight excluding hydrogens is 496 g/mol. The highest BCUT2D eigenvalue weighted by Gasteiger charge is 2.14. The minimum Gasteiger partial charge on any atom is -0.357 e. The molecule has 0 radical (unpaired) electrons. The van der Waals surface area contributed by atoms with Gasteiger partial charge < -0.3 is 9.80 Å². The van der Waals surface area contributed by atoms with Crippen molar-refractivity contribution in [2.75, 3.05) is 26.2 Å².